The van der Waals surface area contributed by atoms with Gasteiger partial charge in [0, 0.05) is 0 Å². The summed E-state index contributed by atoms with van der Waals surface area (Å²) >= 11 is 0. The van der Waals surface area contributed by atoms with Crippen molar-refractivity contribution in [2.75, 3.05) is 0 Å². The third kappa shape index (κ3) is 1.58. The highest BCUT2D eigenvalue weighted by Gasteiger charge is 2.05. The molecular formula is C10H13FO. The van der Waals surface area contributed by atoms with Gasteiger partial charge in [-0.3, -0.25) is 0 Å². The zero-order valence-corrected chi connectivity index (χ0v) is 7.39. The second-order valence-corrected chi connectivity index (χ2v) is 2.78. The van der Waals surface area contributed by atoms with E-state index < -0.39 is 0 Å². The van der Waals surface area contributed by atoms with Crippen LogP contribution in [-0.2, 0) is 12.8 Å². The Morgan fingerprint density at radius 1 is 1.17 bits per heavy atom. The summed E-state index contributed by atoms with van der Waals surface area (Å²) in [6, 6.07) is 2.92. The van der Waals surface area contributed by atoms with Crippen LogP contribution in [-0.4, -0.2) is 5.11 Å². The molecule has 0 bridgehead atoms. The van der Waals surface area contributed by atoms with Crippen LogP contribution in [0.2, 0.25) is 0 Å². The van der Waals surface area contributed by atoms with Crippen molar-refractivity contribution >= 4 is 0 Å². The lowest BCUT2D eigenvalue weighted by Gasteiger charge is -2.05. The standard InChI is InChI=1S/C10H13FO/c1-3-7-6-10(12)8(4-2)5-9(7)11/h5-6,12H,3-4H2,1-2H3. The normalized spacial score (nSPS) is 10.2. The van der Waals surface area contributed by atoms with E-state index >= 15 is 0 Å². The lowest BCUT2D eigenvalue weighted by atomic mass is 10.1. The van der Waals surface area contributed by atoms with E-state index in [-0.39, 0.29) is 11.6 Å². The maximum absolute atomic E-state index is 13.1. The fourth-order valence-corrected chi connectivity index (χ4v) is 1.20. The predicted molar refractivity (Wildman–Crippen MR) is 46.8 cm³/mol. The van der Waals surface area contributed by atoms with Gasteiger partial charge in [-0.15, -0.1) is 0 Å². The van der Waals surface area contributed by atoms with E-state index in [1.54, 1.807) is 0 Å². The van der Waals surface area contributed by atoms with E-state index in [0.717, 1.165) is 0 Å². The fourth-order valence-electron chi connectivity index (χ4n) is 1.20. The first-order valence-corrected chi connectivity index (χ1v) is 4.19. The van der Waals surface area contributed by atoms with Gasteiger partial charge < -0.3 is 5.11 Å². The molecule has 12 heavy (non-hydrogen) atoms. The lowest BCUT2D eigenvalue weighted by molar-refractivity contribution is 0.464. The van der Waals surface area contributed by atoms with E-state index in [9.17, 15) is 9.50 Å². The second-order valence-electron chi connectivity index (χ2n) is 2.78. The van der Waals surface area contributed by atoms with Crippen LogP contribution in [0, 0.1) is 5.82 Å². The molecule has 0 fully saturated rings. The van der Waals surface area contributed by atoms with Gasteiger partial charge in [0.15, 0.2) is 0 Å². The van der Waals surface area contributed by atoms with E-state index in [0.29, 0.717) is 24.0 Å². The molecular weight excluding hydrogens is 155 g/mol. The summed E-state index contributed by atoms with van der Waals surface area (Å²) in [6.45, 7) is 3.75. The maximum atomic E-state index is 13.1. The van der Waals surface area contributed by atoms with Gasteiger partial charge in [-0.2, -0.15) is 0 Å². The lowest BCUT2D eigenvalue weighted by Crippen LogP contribution is -1.91. The summed E-state index contributed by atoms with van der Waals surface area (Å²) in [5, 5.41) is 9.38. The van der Waals surface area contributed by atoms with Crippen LogP contribution < -0.4 is 0 Å². The van der Waals surface area contributed by atoms with Crippen molar-refractivity contribution in [3.05, 3.63) is 29.1 Å². The van der Waals surface area contributed by atoms with Crippen LogP contribution in [0.1, 0.15) is 25.0 Å². The molecule has 0 aliphatic carbocycles. The number of hydrogen-bond acceptors (Lipinski definition) is 1. The van der Waals surface area contributed by atoms with Crippen LogP contribution in [0.3, 0.4) is 0 Å². The van der Waals surface area contributed by atoms with Gasteiger partial charge in [-0.05, 0) is 36.1 Å². The predicted octanol–water partition coefficient (Wildman–Crippen LogP) is 2.66. The molecule has 0 aliphatic rings. The average Bonchev–Trinajstić information content (AvgIpc) is 2.08. The summed E-state index contributed by atoms with van der Waals surface area (Å²) in [6.07, 6.45) is 1.27. The molecule has 2 heteroatoms. The summed E-state index contributed by atoms with van der Waals surface area (Å²) in [5.41, 5.74) is 1.24. The van der Waals surface area contributed by atoms with E-state index in [1.165, 1.54) is 12.1 Å². The van der Waals surface area contributed by atoms with Crippen LogP contribution in [0.4, 0.5) is 4.39 Å². The zero-order valence-electron chi connectivity index (χ0n) is 7.39. The first-order chi connectivity index (χ1) is 5.69. The van der Waals surface area contributed by atoms with Gasteiger partial charge in [-0.1, -0.05) is 13.8 Å². The van der Waals surface area contributed by atoms with Gasteiger partial charge in [0.1, 0.15) is 11.6 Å². The molecule has 0 aliphatic heterocycles. The van der Waals surface area contributed by atoms with E-state index in [4.69, 9.17) is 0 Å². The minimum Gasteiger partial charge on any atom is -0.508 e. The van der Waals surface area contributed by atoms with Crippen molar-refractivity contribution in [1.82, 2.24) is 0 Å². The first kappa shape index (κ1) is 9.04. The third-order valence-electron chi connectivity index (χ3n) is 2.01. The molecule has 0 radical (unpaired) electrons. The third-order valence-corrected chi connectivity index (χ3v) is 2.01. The number of phenols is 1. The van der Waals surface area contributed by atoms with Crippen molar-refractivity contribution in [3.8, 4) is 5.75 Å². The number of halogens is 1. The Bertz CT molecular complexity index is 252. The van der Waals surface area contributed by atoms with Gasteiger partial charge in [0.25, 0.3) is 0 Å². The molecule has 0 atom stereocenters. The largest absolute Gasteiger partial charge is 0.508 e. The maximum Gasteiger partial charge on any atom is 0.126 e. The Hall–Kier alpha value is -1.05. The first-order valence-electron chi connectivity index (χ1n) is 4.19. The average molecular weight is 168 g/mol. The molecule has 0 saturated heterocycles. The minimum absolute atomic E-state index is 0.204. The minimum atomic E-state index is -0.216. The van der Waals surface area contributed by atoms with Crippen molar-refractivity contribution in [2.45, 2.75) is 26.7 Å². The number of aromatic hydroxyl groups is 1. The molecule has 66 valence electrons. The topological polar surface area (TPSA) is 20.2 Å². The Morgan fingerprint density at radius 3 is 2.25 bits per heavy atom. The number of phenolic OH excluding ortho intramolecular Hbond substituents is 1. The molecule has 0 heterocycles. The smallest absolute Gasteiger partial charge is 0.126 e. The van der Waals surface area contributed by atoms with E-state index in [2.05, 4.69) is 0 Å². The zero-order chi connectivity index (χ0) is 9.14. The monoisotopic (exact) mass is 168 g/mol. The molecule has 0 spiro atoms. The molecule has 0 aromatic heterocycles. The van der Waals surface area contributed by atoms with Crippen molar-refractivity contribution in [1.29, 1.82) is 0 Å². The fraction of sp³-hybridized carbons (Fsp3) is 0.400. The number of rotatable bonds is 2. The molecule has 1 nitrogen and oxygen atoms in total. The van der Waals surface area contributed by atoms with Gasteiger partial charge in [0.05, 0.1) is 0 Å². The van der Waals surface area contributed by atoms with Gasteiger partial charge in [-0.25, -0.2) is 4.39 Å². The second kappa shape index (κ2) is 3.57. The quantitative estimate of drug-likeness (QED) is 0.719. The highest BCUT2D eigenvalue weighted by Crippen LogP contribution is 2.22. The van der Waals surface area contributed by atoms with Gasteiger partial charge >= 0.3 is 0 Å². The highest BCUT2D eigenvalue weighted by molar-refractivity contribution is 5.37. The van der Waals surface area contributed by atoms with Crippen LogP contribution >= 0.6 is 0 Å². The Labute approximate surface area is 71.9 Å². The molecule has 0 saturated carbocycles. The number of hydrogen-bond donors (Lipinski definition) is 1. The summed E-state index contributed by atoms with van der Waals surface area (Å²) < 4.78 is 13.1. The Morgan fingerprint density at radius 2 is 1.75 bits per heavy atom. The van der Waals surface area contributed by atoms with Crippen LogP contribution in [0.15, 0.2) is 12.1 Å². The van der Waals surface area contributed by atoms with Crippen molar-refractivity contribution in [3.63, 3.8) is 0 Å². The van der Waals surface area contributed by atoms with Crippen LogP contribution in [0.25, 0.3) is 0 Å². The molecule has 1 aromatic rings. The summed E-state index contributed by atoms with van der Waals surface area (Å²) in [7, 11) is 0. The highest BCUT2D eigenvalue weighted by atomic mass is 19.1. The SMILES string of the molecule is CCc1cc(F)c(CC)cc1O. The Balaban J connectivity index is 3.16. The number of aryl methyl sites for hydroxylation is 2. The van der Waals surface area contributed by atoms with E-state index in [1.807, 2.05) is 13.8 Å². The van der Waals surface area contributed by atoms with Crippen LogP contribution in [0.5, 0.6) is 5.75 Å². The summed E-state index contributed by atoms with van der Waals surface area (Å²) in [4.78, 5) is 0. The molecule has 0 amide bonds. The number of benzene rings is 1. The van der Waals surface area contributed by atoms with Crippen molar-refractivity contribution < 1.29 is 9.50 Å². The van der Waals surface area contributed by atoms with Gasteiger partial charge in [0.2, 0.25) is 0 Å². The van der Waals surface area contributed by atoms with Crippen molar-refractivity contribution in [2.24, 2.45) is 0 Å². The molecule has 1 rings (SSSR count). The molecule has 0 unspecified atom stereocenters. The molecule has 1 N–H and O–H groups in total. The Kier molecular flexibility index (Phi) is 2.69. The molecule has 1 aromatic carbocycles. The summed E-state index contributed by atoms with van der Waals surface area (Å²) in [5.74, 6) is -0.0112.